The maximum Gasteiger partial charge on any atom is 0.280 e. The number of nitrogens with one attached hydrogen (secondary N) is 3. The number of hydrogen-bond donors (Lipinski definition) is 4. The highest BCUT2D eigenvalue weighted by Gasteiger charge is 2.30. The Bertz CT molecular complexity index is 936. The Morgan fingerprint density at radius 1 is 0.886 bits per heavy atom. The highest BCUT2D eigenvalue weighted by Crippen LogP contribution is 2.18. The molecule has 44 heavy (non-hydrogen) atoms. The summed E-state index contributed by atoms with van der Waals surface area (Å²) in [5.74, 6) is 0.0676. The van der Waals surface area contributed by atoms with Crippen LogP contribution in [0.1, 0.15) is 117 Å². The summed E-state index contributed by atoms with van der Waals surface area (Å²) in [7, 11) is 0. The molecule has 10 nitrogen and oxygen atoms in total. The van der Waals surface area contributed by atoms with E-state index in [2.05, 4.69) is 22.9 Å². The first-order chi connectivity index (χ1) is 21.3. The number of rotatable bonds is 24. The number of aliphatic hydroxyl groups is 1. The van der Waals surface area contributed by atoms with Crippen LogP contribution in [0, 0.1) is 0 Å². The Kier molecular flexibility index (Phi) is 19.2. The molecule has 2 rings (SSSR count). The minimum Gasteiger partial charge on any atom is -0.494 e. The molecule has 250 valence electrons. The van der Waals surface area contributed by atoms with Gasteiger partial charge in [0.05, 0.1) is 19.1 Å². The van der Waals surface area contributed by atoms with Gasteiger partial charge >= 0.3 is 0 Å². The van der Waals surface area contributed by atoms with Crippen molar-refractivity contribution < 1.29 is 24.2 Å². The molecule has 4 N–H and O–H groups in total. The first-order valence-electron chi connectivity index (χ1n) is 17.1. The molecule has 2 atom stereocenters. The van der Waals surface area contributed by atoms with Crippen molar-refractivity contribution in [2.24, 2.45) is 0 Å². The number of nitrogens with zero attached hydrogens (tertiary/aromatic N) is 2. The van der Waals surface area contributed by atoms with Gasteiger partial charge in [0, 0.05) is 38.3 Å². The second-order valence-electron chi connectivity index (χ2n) is 11.9. The zero-order chi connectivity index (χ0) is 32.0. The van der Waals surface area contributed by atoms with Crippen LogP contribution in [0.15, 0.2) is 24.3 Å². The third-order valence-corrected chi connectivity index (χ3v) is 7.85. The maximum atomic E-state index is 13.4. The topological polar surface area (TPSA) is 123 Å². The van der Waals surface area contributed by atoms with E-state index in [1.165, 1.54) is 64.7 Å². The van der Waals surface area contributed by atoms with E-state index < -0.39 is 18.2 Å². The molecule has 1 aliphatic heterocycles. The predicted octanol–water partition coefficient (Wildman–Crippen LogP) is 5.37. The van der Waals surface area contributed by atoms with Crippen molar-refractivity contribution in [2.45, 2.75) is 129 Å². The van der Waals surface area contributed by atoms with Gasteiger partial charge < -0.3 is 25.8 Å². The lowest BCUT2D eigenvalue weighted by molar-refractivity contribution is -0.150. The summed E-state index contributed by atoms with van der Waals surface area (Å²) in [5, 5.41) is 22.2. The molecule has 1 saturated heterocycles. The lowest BCUT2D eigenvalue weighted by Crippen LogP contribution is -2.57. The lowest BCUT2D eigenvalue weighted by atomic mass is 10.1. The first kappa shape index (κ1) is 37.3. The number of ether oxygens (including phenoxy) is 1. The highest BCUT2D eigenvalue weighted by atomic mass is 16.5. The van der Waals surface area contributed by atoms with Gasteiger partial charge in [0.15, 0.2) is 6.17 Å². The number of hydrazine groups is 1. The molecule has 1 aliphatic rings. The highest BCUT2D eigenvalue weighted by molar-refractivity contribution is 5.89. The van der Waals surface area contributed by atoms with Gasteiger partial charge in [-0.15, -0.1) is 0 Å². The Balaban J connectivity index is 1.69. The molecule has 1 aromatic carbocycles. The first-order valence-corrected chi connectivity index (χ1v) is 17.1. The van der Waals surface area contributed by atoms with E-state index in [1.807, 2.05) is 11.9 Å². The SMILES string of the molecule is CCCCCCCCCCCCNC(=O)CCCOc1ccc(NC(NC(=O)CC(C)O)C(=O)N(CC)N2CCCC2)cc1. The van der Waals surface area contributed by atoms with Crippen molar-refractivity contribution >= 4 is 23.4 Å². The van der Waals surface area contributed by atoms with E-state index in [1.54, 1.807) is 29.3 Å². The molecular weight excluding hydrogens is 558 g/mol. The minimum atomic E-state index is -0.979. The Hall–Kier alpha value is -2.85. The Labute approximate surface area is 265 Å². The minimum absolute atomic E-state index is 0.0625. The molecule has 2 unspecified atom stereocenters. The standard InChI is InChI=1S/C34H59N5O5/c1-4-6-7-8-9-10-11-12-13-14-23-35-31(41)18-17-26-44-30-21-19-29(20-22-30)36-33(37-32(42)27-28(3)40)34(43)39(5-2)38-24-15-16-25-38/h19-22,28,33,36,40H,4-18,23-27H2,1-3H3,(H,35,41)(H,37,42). The number of hydrogen-bond acceptors (Lipinski definition) is 7. The summed E-state index contributed by atoms with van der Waals surface area (Å²) >= 11 is 0. The quantitative estimate of drug-likeness (QED) is 0.0909. The van der Waals surface area contributed by atoms with Crippen LogP contribution >= 0.6 is 0 Å². The normalized spacial score (nSPS) is 14.5. The van der Waals surface area contributed by atoms with Crippen LogP contribution in [0.5, 0.6) is 5.75 Å². The van der Waals surface area contributed by atoms with Gasteiger partial charge in [-0.2, -0.15) is 0 Å². The average Bonchev–Trinajstić information content (AvgIpc) is 3.53. The molecular formula is C34H59N5O5. The van der Waals surface area contributed by atoms with E-state index in [9.17, 15) is 19.5 Å². The molecule has 0 aromatic heterocycles. The van der Waals surface area contributed by atoms with Crippen LogP contribution in [0.4, 0.5) is 5.69 Å². The number of carbonyl (C=O) groups is 3. The van der Waals surface area contributed by atoms with Crippen molar-refractivity contribution in [2.75, 3.05) is 38.1 Å². The van der Waals surface area contributed by atoms with E-state index in [4.69, 9.17) is 4.74 Å². The van der Waals surface area contributed by atoms with Gasteiger partial charge in [-0.1, -0.05) is 64.7 Å². The van der Waals surface area contributed by atoms with Crippen molar-refractivity contribution in [3.63, 3.8) is 0 Å². The largest absolute Gasteiger partial charge is 0.494 e. The summed E-state index contributed by atoms with van der Waals surface area (Å²) in [4.78, 5) is 38.0. The molecule has 0 bridgehead atoms. The van der Waals surface area contributed by atoms with Gasteiger partial charge in [-0.05, 0) is 63.8 Å². The number of amides is 3. The molecule has 0 spiro atoms. The van der Waals surface area contributed by atoms with Crippen LogP contribution in [-0.2, 0) is 14.4 Å². The molecule has 1 aromatic rings. The van der Waals surface area contributed by atoms with Crippen molar-refractivity contribution in [1.29, 1.82) is 0 Å². The summed E-state index contributed by atoms with van der Waals surface area (Å²) in [6, 6.07) is 7.18. The van der Waals surface area contributed by atoms with Gasteiger partial charge in [0.25, 0.3) is 5.91 Å². The van der Waals surface area contributed by atoms with Crippen LogP contribution in [-0.4, -0.2) is 77.9 Å². The van der Waals surface area contributed by atoms with Crippen molar-refractivity contribution in [1.82, 2.24) is 20.7 Å². The van der Waals surface area contributed by atoms with E-state index in [0.717, 1.165) is 38.9 Å². The Morgan fingerprint density at radius 3 is 2.09 bits per heavy atom. The Morgan fingerprint density at radius 2 is 1.50 bits per heavy atom. The monoisotopic (exact) mass is 617 g/mol. The summed E-state index contributed by atoms with van der Waals surface area (Å²) in [5.41, 5.74) is 0.650. The van der Waals surface area contributed by atoms with Gasteiger partial charge in [-0.3, -0.25) is 19.4 Å². The second-order valence-corrected chi connectivity index (χ2v) is 11.9. The van der Waals surface area contributed by atoms with Gasteiger partial charge in [0.2, 0.25) is 11.8 Å². The third-order valence-electron chi connectivity index (χ3n) is 7.85. The molecule has 0 radical (unpaired) electrons. The van der Waals surface area contributed by atoms with E-state index >= 15 is 0 Å². The summed E-state index contributed by atoms with van der Waals surface area (Å²) in [6.45, 7) is 8.97. The van der Waals surface area contributed by atoms with Crippen molar-refractivity contribution in [3.05, 3.63) is 24.3 Å². The average molecular weight is 618 g/mol. The predicted molar refractivity (Wildman–Crippen MR) is 176 cm³/mol. The summed E-state index contributed by atoms with van der Waals surface area (Å²) < 4.78 is 5.82. The number of aliphatic hydroxyl groups excluding tert-OH is 1. The number of unbranched alkanes of at least 4 members (excludes halogenated alkanes) is 9. The molecule has 10 heteroatoms. The van der Waals surface area contributed by atoms with Crippen LogP contribution in [0.3, 0.4) is 0 Å². The summed E-state index contributed by atoms with van der Waals surface area (Å²) in [6.07, 6.45) is 14.0. The molecule has 0 saturated carbocycles. The number of carbonyl (C=O) groups excluding carboxylic acids is 3. The zero-order valence-corrected chi connectivity index (χ0v) is 27.6. The lowest BCUT2D eigenvalue weighted by Gasteiger charge is -2.34. The van der Waals surface area contributed by atoms with Gasteiger partial charge in [0.1, 0.15) is 5.75 Å². The fourth-order valence-corrected chi connectivity index (χ4v) is 5.40. The van der Waals surface area contributed by atoms with Crippen LogP contribution in [0.25, 0.3) is 0 Å². The molecule has 0 aliphatic carbocycles. The van der Waals surface area contributed by atoms with Crippen molar-refractivity contribution in [3.8, 4) is 5.75 Å². The number of likely N-dealkylation sites (N-methyl/N-ethyl adjacent to an activating group) is 1. The maximum absolute atomic E-state index is 13.4. The third kappa shape index (κ3) is 15.7. The molecule has 3 amide bonds. The smallest absolute Gasteiger partial charge is 0.280 e. The fraction of sp³-hybridized carbons (Fsp3) is 0.735. The van der Waals surface area contributed by atoms with Crippen LogP contribution in [0.2, 0.25) is 0 Å². The van der Waals surface area contributed by atoms with Gasteiger partial charge in [-0.25, -0.2) is 5.01 Å². The zero-order valence-electron chi connectivity index (χ0n) is 27.6. The molecule has 1 fully saturated rings. The number of anilines is 1. The van der Waals surface area contributed by atoms with Crippen LogP contribution < -0.4 is 20.7 Å². The molecule has 1 heterocycles. The van der Waals surface area contributed by atoms with E-state index in [-0.39, 0.29) is 18.2 Å². The second kappa shape index (κ2) is 22.6. The number of benzene rings is 1. The van der Waals surface area contributed by atoms with E-state index in [0.29, 0.717) is 37.4 Å². The fourth-order valence-electron chi connectivity index (χ4n) is 5.40.